The molecule has 0 bridgehead atoms. The van der Waals surface area contributed by atoms with Crippen LogP contribution in [0.15, 0.2) is 18.2 Å². The lowest BCUT2D eigenvalue weighted by molar-refractivity contribution is -0.118. The summed E-state index contributed by atoms with van der Waals surface area (Å²) in [7, 11) is 3.18. The Morgan fingerprint density at radius 3 is 2.15 bits per heavy atom. The Labute approximate surface area is 120 Å². The summed E-state index contributed by atoms with van der Waals surface area (Å²) < 4.78 is 10.4. The molecule has 0 aliphatic heterocycles. The fourth-order valence-corrected chi connectivity index (χ4v) is 2.96. The first-order valence-electron chi connectivity index (χ1n) is 6.78. The van der Waals surface area contributed by atoms with Gasteiger partial charge in [0.2, 0.25) is 5.91 Å². The first kappa shape index (κ1) is 14.7. The third-order valence-electron chi connectivity index (χ3n) is 4.95. The Morgan fingerprint density at radius 2 is 1.70 bits per heavy atom. The van der Waals surface area contributed by atoms with Crippen molar-refractivity contribution in [3.05, 3.63) is 18.2 Å². The van der Waals surface area contributed by atoms with E-state index in [0.717, 1.165) is 0 Å². The Bertz CT molecular complexity index is 521. The molecule has 1 aliphatic carbocycles. The lowest BCUT2D eigenvalue weighted by Gasteiger charge is -2.12. The zero-order valence-corrected chi connectivity index (χ0v) is 13.0. The van der Waals surface area contributed by atoms with Crippen LogP contribution in [0.1, 0.15) is 27.7 Å². The summed E-state index contributed by atoms with van der Waals surface area (Å²) in [5, 5.41) is 2.97. The number of hydrogen-bond donors (Lipinski definition) is 1. The van der Waals surface area contributed by atoms with Crippen molar-refractivity contribution in [3.8, 4) is 11.5 Å². The summed E-state index contributed by atoms with van der Waals surface area (Å²) >= 11 is 0. The molecule has 0 spiro atoms. The summed E-state index contributed by atoms with van der Waals surface area (Å²) in [5.41, 5.74) is 0.727. The summed E-state index contributed by atoms with van der Waals surface area (Å²) in [5.74, 6) is 1.37. The maximum absolute atomic E-state index is 12.4. The Balaban J connectivity index is 2.17. The predicted octanol–water partition coefficient (Wildman–Crippen LogP) is 3.32. The van der Waals surface area contributed by atoms with Crippen LogP contribution in [0.25, 0.3) is 0 Å². The third-order valence-corrected chi connectivity index (χ3v) is 4.95. The van der Waals surface area contributed by atoms with Gasteiger partial charge in [0.05, 0.1) is 19.9 Å². The second kappa shape index (κ2) is 4.69. The molecule has 1 aromatic rings. The number of anilines is 1. The highest BCUT2D eigenvalue weighted by Crippen LogP contribution is 2.68. The Hall–Kier alpha value is -1.71. The standard InChI is InChI=1S/C16H23NO3/c1-15(2)13(16(15,3)4)14(18)17-11-8-7-10(19-5)9-12(11)20-6/h7-9,13H,1-6H3,(H,17,18). The van der Waals surface area contributed by atoms with Gasteiger partial charge in [0.1, 0.15) is 11.5 Å². The molecule has 0 saturated heterocycles. The Kier molecular flexibility index (Phi) is 3.44. The van der Waals surface area contributed by atoms with Crippen LogP contribution in [0.4, 0.5) is 5.69 Å². The molecule has 1 N–H and O–H groups in total. The molecular weight excluding hydrogens is 254 g/mol. The van der Waals surface area contributed by atoms with E-state index in [1.54, 1.807) is 32.4 Å². The van der Waals surface area contributed by atoms with Gasteiger partial charge in [-0.1, -0.05) is 27.7 Å². The van der Waals surface area contributed by atoms with Gasteiger partial charge in [-0.15, -0.1) is 0 Å². The molecule has 20 heavy (non-hydrogen) atoms. The molecule has 1 aromatic carbocycles. The number of rotatable bonds is 4. The van der Waals surface area contributed by atoms with Crippen molar-refractivity contribution in [1.82, 2.24) is 0 Å². The fourth-order valence-electron chi connectivity index (χ4n) is 2.96. The largest absolute Gasteiger partial charge is 0.497 e. The maximum atomic E-state index is 12.4. The number of hydrogen-bond acceptors (Lipinski definition) is 3. The molecule has 0 heterocycles. The molecule has 2 rings (SSSR count). The van der Waals surface area contributed by atoms with E-state index in [2.05, 4.69) is 33.0 Å². The molecule has 0 atom stereocenters. The molecule has 4 nitrogen and oxygen atoms in total. The predicted molar refractivity (Wildman–Crippen MR) is 79.2 cm³/mol. The van der Waals surface area contributed by atoms with E-state index in [1.807, 2.05) is 0 Å². The van der Waals surface area contributed by atoms with Crippen molar-refractivity contribution in [2.45, 2.75) is 27.7 Å². The summed E-state index contributed by atoms with van der Waals surface area (Å²) in [4.78, 5) is 12.4. The highest BCUT2D eigenvalue weighted by molar-refractivity contribution is 5.97. The average molecular weight is 277 g/mol. The number of methoxy groups -OCH3 is 2. The minimum Gasteiger partial charge on any atom is -0.497 e. The third kappa shape index (κ3) is 2.13. The smallest absolute Gasteiger partial charge is 0.228 e. The number of benzene rings is 1. The highest BCUT2D eigenvalue weighted by atomic mass is 16.5. The first-order valence-corrected chi connectivity index (χ1v) is 6.78. The van der Waals surface area contributed by atoms with Crippen LogP contribution in [-0.4, -0.2) is 20.1 Å². The number of amides is 1. The molecule has 1 fully saturated rings. The molecule has 0 radical (unpaired) electrons. The van der Waals surface area contributed by atoms with E-state index < -0.39 is 0 Å². The van der Waals surface area contributed by atoms with Crippen molar-refractivity contribution < 1.29 is 14.3 Å². The molecule has 110 valence electrons. The van der Waals surface area contributed by atoms with Gasteiger partial charge in [0, 0.05) is 12.0 Å². The van der Waals surface area contributed by atoms with E-state index in [1.165, 1.54) is 0 Å². The molecule has 4 heteroatoms. The van der Waals surface area contributed by atoms with Gasteiger partial charge in [-0.2, -0.15) is 0 Å². The van der Waals surface area contributed by atoms with Crippen LogP contribution in [0.2, 0.25) is 0 Å². The van der Waals surface area contributed by atoms with Gasteiger partial charge >= 0.3 is 0 Å². The molecule has 0 unspecified atom stereocenters. The molecule has 1 saturated carbocycles. The molecular formula is C16H23NO3. The number of carbonyl (C=O) groups is 1. The van der Waals surface area contributed by atoms with Crippen LogP contribution < -0.4 is 14.8 Å². The van der Waals surface area contributed by atoms with E-state index in [0.29, 0.717) is 17.2 Å². The highest BCUT2D eigenvalue weighted by Gasteiger charge is 2.68. The van der Waals surface area contributed by atoms with E-state index in [-0.39, 0.29) is 22.7 Å². The number of carbonyl (C=O) groups excluding carboxylic acids is 1. The quantitative estimate of drug-likeness (QED) is 0.918. The van der Waals surface area contributed by atoms with Crippen LogP contribution in [0.5, 0.6) is 11.5 Å². The van der Waals surface area contributed by atoms with Gasteiger partial charge < -0.3 is 14.8 Å². The lowest BCUT2D eigenvalue weighted by Crippen LogP contribution is -2.18. The summed E-state index contributed by atoms with van der Waals surface area (Å²) in [6.07, 6.45) is 0. The fraction of sp³-hybridized carbons (Fsp3) is 0.562. The van der Waals surface area contributed by atoms with E-state index in [4.69, 9.17) is 9.47 Å². The maximum Gasteiger partial charge on any atom is 0.228 e. The van der Waals surface area contributed by atoms with Crippen LogP contribution >= 0.6 is 0 Å². The minimum absolute atomic E-state index is 0.0156. The van der Waals surface area contributed by atoms with Crippen molar-refractivity contribution in [1.29, 1.82) is 0 Å². The summed E-state index contributed by atoms with van der Waals surface area (Å²) in [6, 6.07) is 5.37. The van der Waals surface area contributed by atoms with Crippen molar-refractivity contribution in [2.75, 3.05) is 19.5 Å². The normalized spacial score (nSPS) is 19.3. The van der Waals surface area contributed by atoms with Crippen LogP contribution in [0.3, 0.4) is 0 Å². The van der Waals surface area contributed by atoms with Gasteiger partial charge in [-0.05, 0) is 23.0 Å². The average Bonchev–Trinajstić information content (AvgIpc) is 2.80. The zero-order valence-electron chi connectivity index (χ0n) is 13.0. The van der Waals surface area contributed by atoms with E-state index in [9.17, 15) is 4.79 Å². The van der Waals surface area contributed by atoms with Crippen molar-refractivity contribution in [2.24, 2.45) is 16.7 Å². The van der Waals surface area contributed by atoms with Crippen molar-refractivity contribution in [3.63, 3.8) is 0 Å². The minimum atomic E-state index is 0.0156. The van der Waals surface area contributed by atoms with Crippen molar-refractivity contribution >= 4 is 11.6 Å². The number of nitrogens with one attached hydrogen (secondary N) is 1. The molecule has 0 aromatic heterocycles. The second-order valence-corrected chi connectivity index (χ2v) is 6.43. The van der Waals surface area contributed by atoms with Crippen LogP contribution in [-0.2, 0) is 4.79 Å². The van der Waals surface area contributed by atoms with Gasteiger partial charge in [0.25, 0.3) is 0 Å². The van der Waals surface area contributed by atoms with Gasteiger partial charge in [-0.3, -0.25) is 4.79 Å². The summed E-state index contributed by atoms with van der Waals surface area (Å²) in [6.45, 7) is 8.51. The second-order valence-electron chi connectivity index (χ2n) is 6.43. The Morgan fingerprint density at radius 1 is 1.10 bits per heavy atom. The molecule has 1 aliphatic rings. The van der Waals surface area contributed by atoms with Gasteiger partial charge in [0.15, 0.2) is 0 Å². The topological polar surface area (TPSA) is 47.6 Å². The SMILES string of the molecule is COc1ccc(NC(=O)C2C(C)(C)C2(C)C)c(OC)c1. The van der Waals surface area contributed by atoms with E-state index >= 15 is 0 Å². The lowest BCUT2D eigenvalue weighted by atomic mass is 10.0. The monoisotopic (exact) mass is 277 g/mol. The number of ether oxygens (including phenoxy) is 2. The van der Waals surface area contributed by atoms with Gasteiger partial charge in [-0.25, -0.2) is 0 Å². The zero-order chi connectivity index (χ0) is 15.1. The first-order chi connectivity index (χ1) is 9.25. The molecule has 1 amide bonds. The van der Waals surface area contributed by atoms with Crippen LogP contribution in [0, 0.1) is 16.7 Å².